The van der Waals surface area contributed by atoms with Gasteiger partial charge in [0.15, 0.2) is 5.17 Å². The highest BCUT2D eigenvalue weighted by molar-refractivity contribution is 8.17. The van der Waals surface area contributed by atoms with Gasteiger partial charge >= 0.3 is 0 Å². The van der Waals surface area contributed by atoms with E-state index in [0.29, 0.717) is 22.7 Å². The summed E-state index contributed by atoms with van der Waals surface area (Å²) in [4.78, 5) is 42.3. The van der Waals surface area contributed by atoms with E-state index in [-0.39, 0.29) is 16.6 Å². The number of nitro benzene ring substituents is 1. The van der Waals surface area contributed by atoms with Crippen LogP contribution < -0.4 is 20.6 Å². The number of ether oxygens (including phenoxy) is 1. The van der Waals surface area contributed by atoms with Crippen molar-refractivity contribution in [2.45, 2.75) is 4.75 Å². The van der Waals surface area contributed by atoms with Gasteiger partial charge in [-0.1, -0.05) is 30.0 Å². The van der Waals surface area contributed by atoms with Gasteiger partial charge in [-0.05, 0) is 48.5 Å². The lowest BCUT2D eigenvalue weighted by Gasteiger charge is -2.32. The van der Waals surface area contributed by atoms with Crippen molar-refractivity contribution >= 4 is 51.5 Å². The number of hydrogen-bond donors (Lipinski definition) is 2. The van der Waals surface area contributed by atoms with Crippen LogP contribution in [-0.2, 0) is 9.59 Å². The molecular weight excluding hydrogens is 484 g/mol. The molecule has 2 N–H and O–H groups in total. The molecule has 0 saturated carbocycles. The molecule has 2 aliphatic heterocycles. The van der Waals surface area contributed by atoms with Gasteiger partial charge in [-0.3, -0.25) is 30.6 Å². The number of amidine groups is 1. The minimum Gasteiger partial charge on any atom is -0.497 e. The highest BCUT2D eigenvalue weighted by atomic mass is 32.2. The van der Waals surface area contributed by atoms with Gasteiger partial charge in [0, 0.05) is 17.7 Å². The second-order valence-electron chi connectivity index (χ2n) is 7.68. The van der Waals surface area contributed by atoms with Crippen molar-refractivity contribution in [1.82, 2.24) is 10.9 Å². The molecule has 3 aromatic rings. The molecule has 3 aromatic carbocycles. The molecule has 11 nitrogen and oxygen atoms in total. The number of hydrazine groups is 1. The number of rotatable bonds is 5. The molecule has 2 amide bonds. The Morgan fingerprint density at radius 3 is 2.33 bits per heavy atom. The van der Waals surface area contributed by atoms with E-state index in [9.17, 15) is 19.7 Å². The number of amides is 2. The summed E-state index contributed by atoms with van der Waals surface area (Å²) in [5, 5.41) is 17.1. The van der Waals surface area contributed by atoms with E-state index in [0.717, 1.165) is 11.8 Å². The Morgan fingerprint density at radius 2 is 1.69 bits per heavy atom. The number of anilines is 1. The van der Waals surface area contributed by atoms with E-state index in [4.69, 9.17) is 4.74 Å². The quantitative estimate of drug-likeness (QED) is 0.310. The first-order valence-electron chi connectivity index (χ1n) is 10.6. The van der Waals surface area contributed by atoms with Gasteiger partial charge in [-0.15, -0.1) is 0 Å². The van der Waals surface area contributed by atoms with Crippen LogP contribution >= 0.6 is 11.8 Å². The average Bonchev–Trinajstić information content (AvgIpc) is 3.19. The zero-order chi connectivity index (χ0) is 25.3. The standard InChI is InChI=1S/C24H18N6O5S/c1-35-19-13-9-16(10-14-19)25-23-27-26-21(31)24(36-23)20(15-7-11-18(12-8-15)30(33)34)28-29(22(24)32)17-5-3-2-4-6-17/h2-14H,1H3,(H,25,27)(H,26,31). The lowest BCUT2D eigenvalue weighted by Crippen LogP contribution is -2.64. The van der Waals surface area contributed by atoms with Crippen LogP contribution in [0, 0.1) is 10.1 Å². The Hall–Kier alpha value is -4.71. The van der Waals surface area contributed by atoms with Crippen molar-refractivity contribution < 1.29 is 19.2 Å². The summed E-state index contributed by atoms with van der Waals surface area (Å²) < 4.78 is 3.35. The third-order valence-electron chi connectivity index (χ3n) is 5.53. The Balaban J connectivity index is 1.60. The van der Waals surface area contributed by atoms with Crippen LogP contribution in [0.2, 0.25) is 0 Å². The molecule has 0 radical (unpaired) electrons. The van der Waals surface area contributed by atoms with Crippen LogP contribution in [0.25, 0.3) is 0 Å². The summed E-state index contributed by atoms with van der Waals surface area (Å²) >= 11 is 0.914. The van der Waals surface area contributed by atoms with Crippen molar-refractivity contribution in [3.8, 4) is 5.75 Å². The predicted octanol–water partition coefficient (Wildman–Crippen LogP) is 3.15. The number of nitro groups is 1. The maximum atomic E-state index is 13.9. The maximum absolute atomic E-state index is 13.9. The number of carbonyl (C=O) groups is 2. The number of hydrazone groups is 1. The fraction of sp³-hybridized carbons (Fsp3) is 0.0833. The summed E-state index contributed by atoms with van der Waals surface area (Å²) in [5.41, 5.74) is 6.71. The number of para-hydroxylation sites is 1. The van der Waals surface area contributed by atoms with E-state index in [1.54, 1.807) is 61.7 Å². The van der Waals surface area contributed by atoms with Gasteiger partial charge in [0.2, 0.25) is 4.75 Å². The van der Waals surface area contributed by atoms with E-state index in [2.05, 4.69) is 20.9 Å². The smallest absolute Gasteiger partial charge is 0.280 e. The monoisotopic (exact) mass is 502 g/mol. The van der Waals surface area contributed by atoms with Crippen LogP contribution in [0.1, 0.15) is 5.56 Å². The van der Waals surface area contributed by atoms with Crippen molar-refractivity contribution in [3.05, 3.63) is 94.5 Å². The molecule has 180 valence electrons. The van der Waals surface area contributed by atoms with Gasteiger partial charge in [0.25, 0.3) is 17.5 Å². The predicted molar refractivity (Wildman–Crippen MR) is 135 cm³/mol. The third-order valence-corrected chi connectivity index (χ3v) is 6.78. The molecule has 36 heavy (non-hydrogen) atoms. The molecule has 1 atom stereocenters. The number of hydrogen-bond acceptors (Lipinski definition) is 8. The van der Waals surface area contributed by atoms with Crippen LogP contribution in [0.3, 0.4) is 0 Å². The van der Waals surface area contributed by atoms with Crippen LogP contribution in [0.5, 0.6) is 5.75 Å². The lowest BCUT2D eigenvalue weighted by atomic mass is 9.94. The average molecular weight is 503 g/mol. The van der Waals surface area contributed by atoms with Crippen molar-refractivity contribution in [3.63, 3.8) is 0 Å². The second-order valence-corrected chi connectivity index (χ2v) is 8.89. The zero-order valence-corrected chi connectivity index (χ0v) is 19.6. The molecule has 0 aliphatic carbocycles. The summed E-state index contributed by atoms with van der Waals surface area (Å²) in [7, 11) is 1.56. The SMILES string of the molecule is COc1ccc(N=C2NNC(=O)C3(S2)C(=O)N(c2ccccc2)N=C3c2ccc([N+](=O)[O-])cc2)cc1. The number of thioether (sulfide) groups is 1. The Morgan fingerprint density at radius 1 is 1.00 bits per heavy atom. The van der Waals surface area contributed by atoms with E-state index in [1.165, 1.54) is 29.3 Å². The molecule has 12 heteroatoms. The van der Waals surface area contributed by atoms with Gasteiger partial charge in [-0.25, -0.2) is 4.99 Å². The van der Waals surface area contributed by atoms with E-state index >= 15 is 0 Å². The number of benzene rings is 3. The minimum atomic E-state index is -1.82. The summed E-state index contributed by atoms with van der Waals surface area (Å²) in [5.74, 6) is -0.569. The van der Waals surface area contributed by atoms with Gasteiger partial charge < -0.3 is 4.74 Å². The Labute approximate surface area is 209 Å². The maximum Gasteiger partial charge on any atom is 0.280 e. The third kappa shape index (κ3) is 3.92. The molecule has 1 fully saturated rings. The normalized spacial score (nSPS) is 20.2. The van der Waals surface area contributed by atoms with Crippen LogP contribution in [0.4, 0.5) is 17.1 Å². The second kappa shape index (κ2) is 9.15. The van der Waals surface area contributed by atoms with E-state index in [1.807, 2.05) is 0 Å². The summed E-state index contributed by atoms with van der Waals surface area (Å²) in [6.45, 7) is 0. The largest absolute Gasteiger partial charge is 0.497 e. The topological polar surface area (TPSA) is 139 Å². The molecule has 2 heterocycles. The van der Waals surface area contributed by atoms with Crippen LogP contribution in [-0.4, -0.2) is 39.5 Å². The fourth-order valence-corrected chi connectivity index (χ4v) is 4.87. The first-order chi connectivity index (χ1) is 17.4. The molecule has 1 unspecified atom stereocenters. The fourth-order valence-electron chi connectivity index (χ4n) is 3.75. The molecule has 5 rings (SSSR count). The van der Waals surface area contributed by atoms with Crippen molar-refractivity contribution in [2.75, 3.05) is 12.1 Å². The van der Waals surface area contributed by atoms with E-state index < -0.39 is 21.5 Å². The molecular formula is C24H18N6O5S. The molecule has 2 aliphatic rings. The first kappa shape index (κ1) is 23.1. The number of nitrogens with zero attached hydrogens (tertiary/aromatic N) is 4. The molecule has 0 aromatic heterocycles. The molecule has 1 saturated heterocycles. The minimum absolute atomic E-state index is 0.123. The lowest BCUT2D eigenvalue weighted by molar-refractivity contribution is -0.384. The van der Waals surface area contributed by atoms with Crippen molar-refractivity contribution in [1.29, 1.82) is 0 Å². The summed E-state index contributed by atoms with van der Waals surface area (Å²) in [6, 6.07) is 21.2. The Kier molecular flexibility index (Phi) is 5.86. The number of carbonyl (C=O) groups excluding carboxylic acids is 2. The van der Waals surface area contributed by atoms with Gasteiger partial charge in [-0.2, -0.15) is 10.1 Å². The number of methoxy groups -OCH3 is 1. The van der Waals surface area contributed by atoms with Gasteiger partial charge in [0.1, 0.15) is 11.5 Å². The van der Waals surface area contributed by atoms with Gasteiger partial charge in [0.05, 0.1) is 23.4 Å². The molecule has 0 bridgehead atoms. The number of nitrogens with one attached hydrogen (secondary N) is 2. The zero-order valence-electron chi connectivity index (χ0n) is 18.7. The summed E-state index contributed by atoms with van der Waals surface area (Å²) in [6.07, 6.45) is 0. The highest BCUT2D eigenvalue weighted by Crippen LogP contribution is 2.41. The van der Waals surface area contributed by atoms with Crippen LogP contribution in [0.15, 0.2) is 89.0 Å². The first-order valence-corrected chi connectivity index (χ1v) is 11.5. The Bertz CT molecular complexity index is 1410. The molecule has 1 spiro atoms. The number of non-ortho nitro benzene ring substituents is 1. The highest BCUT2D eigenvalue weighted by Gasteiger charge is 2.61. The van der Waals surface area contributed by atoms with Crippen molar-refractivity contribution in [2.24, 2.45) is 10.1 Å². The number of aliphatic imine (C=N–C) groups is 1.